The summed E-state index contributed by atoms with van der Waals surface area (Å²) in [5, 5.41) is 3.86. The topological polar surface area (TPSA) is 57.5 Å². The zero-order valence-electron chi connectivity index (χ0n) is 17.5. The van der Waals surface area contributed by atoms with E-state index in [4.69, 9.17) is 9.47 Å². The van der Waals surface area contributed by atoms with Gasteiger partial charge in [0, 0.05) is 33.8 Å². The maximum Gasteiger partial charge on any atom is 0.340 e. The molecule has 0 spiro atoms. The molecular formula is C23H25NO4S2. The van der Waals surface area contributed by atoms with E-state index in [0.717, 1.165) is 21.1 Å². The highest BCUT2D eigenvalue weighted by Crippen LogP contribution is 2.26. The Morgan fingerprint density at radius 3 is 2.53 bits per heavy atom. The van der Waals surface area contributed by atoms with Crippen LogP contribution in [0.25, 0.3) is 11.6 Å². The molecule has 0 amide bonds. The van der Waals surface area contributed by atoms with E-state index in [0.29, 0.717) is 17.7 Å². The molecule has 3 aromatic rings. The van der Waals surface area contributed by atoms with E-state index in [1.54, 1.807) is 18.4 Å². The molecule has 0 aromatic carbocycles. The molecule has 30 heavy (non-hydrogen) atoms. The molecule has 0 fully saturated rings. The Bertz CT molecular complexity index is 1030. The highest BCUT2D eigenvalue weighted by molar-refractivity contribution is 7.12. The number of aryl methyl sites for hydroxylation is 1. The van der Waals surface area contributed by atoms with Crippen LogP contribution in [-0.2, 0) is 14.3 Å². The molecule has 3 heterocycles. The minimum absolute atomic E-state index is 0.110. The van der Waals surface area contributed by atoms with Gasteiger partial charge in [-0.05, 0) is 55.8 Å². The van der Waals surface area contributed by atoms with Crippen LogP contribution in [0, 0.1) is 13.8 Å². The Kier molecular flexibility index (Phi) is 7.42. The third-order valence-corrected chi connectivity index (χ3v) is 6.53. The monoisotopic (exact) mass is 443 g/mol. The molecule has 1 atom stereocenters. The fraction of sp³-hybridized carbons (Fsp3) is 0.304. The van der Waals surface area contributed by atoms with Crippen LogP contribution in [0.2, 0.25) is 0 Å². The van der Waals surface area contributed by atoms with Crippen molar-refractivity contribution in [1.29, 1.82) is 0 Å². The van der Waals surface area contributed by atoms with Gasteiger partial charge in [-0.25, -0.2) is 4.79 Å². The van der Waals surface area contributed by atoms with Gasteiger partial charge in [-0.2, -0.15) is 0 Å². The number of esters is 1. The quantitative estimate of drug-likeness (QED) is 0.252. The number of thiophene rings is 2. The summed E-state index contributed by atoms with van der Waals surface area (Å²) in [5.74, 6) is -0.713. The fourth-order valence-electron chi connectivity index (χ4n) is 3.52. The minimum Gasteiger partial charge on any atom is -0.454 e. The predicted octanol–water partition coefficient (Wildman–Crippen LogP) is 5.40. The normalized spacial score (nSPS) is 12.7. The van der Waals surface area contributed by atoms with E-state index < -0.39 is 5.97 Å². The van der Waals surface area contributed by atoms with Crippen LogP contribution >= 0.6 is 22.7 Å². The zero-order chi connectivity index (χ0) is 21.7. The summed E-state index contributed by atoms with van der Waals surface area (Å²) in [6.45, 7) is 6.16. The maximum atomic E-state index is 12.8. The number of hydrogen-bond donors (Lipinski definition) is 0. The Balaban J connectivity index is 1.75. The van der Waals surface area contributed by atoms with Crippen molar-refractivity contribution in [3.63, 3.8) is 0 Å². The number of ether oxygens (including phenoxy) is 2. The highest BCUT2D eigenvalue weighted by Gasteiger charge is 2.21. The summed E-state index contributed by atoms with van der Waals surface area (Å²) in [7, 11) is 1.66. The number of nitrogens with zero attached hydrogens (tertiary/aromatic N) is 1. The van der Waals surface area contributed by atoms with Gasteiger partial charge >= 0.3 is 5.97 Å². The van der Waals surface area contributed by atoms with Crippen LogP contribution < -0.4 is 0 Å². The summed E-state index contributed by atoms with van der Waals surface area (Å²) >= 11 is 3.00. The first-order valence-electron chi connectivity index (χ1n) is 9.59. The first kappa shape index (κ1) is 22.2. The van der Waals surface area contributed by atoms with Crippen LogP contribution in [0.3, 0.4) is 0 Å². The molecule has 5 nitrogen and oxygen atoms in total. The molecule has 0 aliphatic heterocycles. The average molecular weight is 444 g/mol. The van der Waals surface area contributed by atoms with E-state index in [-0.39, 0.29) is 18.4 Å². The lowest BCUT2D eigenvalue weighted by Gasteiger charge is -2.17. The Hall–Kier alpha value is -2.48. The van der Waals surface area contributed by atoms with E-state index in [2.05, 4.69) is 4.57 Å². The molecule has 0 radical (unpaired) electrons. The molecule has 0 aliphatic carbocycles. The number of carbonyl (C=O) groups is 2. The number of aromatic nitrogens is 1. The van der Waals surface area contributed by atoms with Crippen LogP contribution in [0.5, 0.6) is 0 Å². The average Bonchev–Trinajstić information content (AvgIpc) is 3.46. The Labute approximate surface area is 184 Å². The smallest absolute Gasteiger partial charge is 0.340 e. The summed E-state index contributed by atoms with van der Waals surface area (Å²) in [5.41, 5.74) is 2.86. The summed E-state index contributed by atoms with van der Waals surface area (Å²) in [6, 6.07) is 9.58. The zero-order valence-corrected chi connectivity index (χ0v) is 19.1. The van der Waals surface area contributed by atoms with Gasteiger partial charge in [0.1, 0.15) is 0 Å². The van der Waals surface area contributed by atoms with E-state index in [9.17, 15) is 9.59 Å². The third-order valence-electron chi connectivity index (χ3n) is 4.80. The molecular weight excluding hydrogens is 418 g/mol. The van der Waals surface area contributed by atoms with E-state index in [1.807, 2.05) is 67.9 Å². The summed E-state index contributed by atoms with van der Waals surface area (Å²) in [6.07, 6.45) is 1.81. The van der Waals surface area contributed by atoms with Crippen molar-refractivity contribution in [3.05, 3.63) is 67.8 Å². The van der Waals surface area contributed by atoms with Crippen molar-refractivity contribution in [1.82, 2.24) is 4.57 Å². The molecule has 0 bridgehead atoms. The number of hydrogen-bond acceptors (Lipinski definition) is 6. The van der Waals surface area contributed by atoms with Crippen LogP contribution in [-0.4, -0.2) is 36.6 Å². The van der Waals surface area contributed by atoms with Gasteiger partial charge in [0.05, 0.1) is 18.2 Å². The molecule has 0 saturated heterocycles. The predicted molar refractivity (Wildman–Crippen MR) is 122 cm³/mol. The van der Waals surface area contributed by atoms with Crippen LogP contribution in [0.15, 0.2) is 41.1 Å². The molecule has 3 rings (SSSR count). The number of rotatable bonds is 9. The molecule has 7 heteroatoms. The van der Waals surface area contributed by atoms with Gasteiger partial charge in [-0.1, -0.05) is 12.1 Å². The molecule has 158 valence electrons. The second-order valence-corrected chi connectivity index (χ2v) is 8.94. The number of methoxy groups -OCH3 is 1. The molecule has 0 N–H and O–H groups in total. The lowest BCUT2D eigenvalue weighted by Crippen LogP contribution is -2.17. The second-order valence-electron chi connectivity index (χ2n) is 7.01. The Morgan fingerprint density at radius 1 is 1.17 bits per heavy atom. The minimum atomic E-state index is -0.499. The second kappa shape index (κ2) is 10.0. The Morgan fingerprint density at radius 2 is 1.90 bits per heavy atom. The van der Waals surface area contributed by atoms with Crippen molar-refractivity contribution in [3.8, 4) is 0 Å². The third kappa shape index (κ3) is 4.98. The number of ketones is 1. The van der Waals surface area contributed by atoms with Crippen molar-refractivity contribution in [2.45, 2.75) is 26.8 Å². The van der Waals surface area contributed by atoms with Crippen LogP contribution in [0.1, 0.15) is 44.5 Å². The van der Waals surface area contributed by atoms with Gasteiger partial charge < -0.3 is 14.0 Å². The van der Waals surface area contributed by atoms with E-state index in [1.165, 1.54) is 11.3 Å². The summed E-state index contributed by atoms with van der Waals surface area (Å²) < 4.78 is 12.7. The largest absolute Gasteiger partial charge is 0.454 e. The van der Waals surface area contributed by atoms with Gasteiger partial charge in [0.2, 0.25) is 5.78 Å². The summed E-state index contributed by atoms with van der Waals surface area (Å²) in [4.78, 5) is 27.4. The van der Waals surface area contributed by atoms with Crippen molar-refractivity contribution in [2.24, 2.45) is 0 Å². The number of Topliss-reactive ketones (excluding diaryl/α,β-unsaturated/α-hetero) is 1. The SMILES string of the molecule is COCC(C)n1c(C)cc(C(=O)COC(=O)/C(=C/c2cccs2)c2cccs2)c1C. The molecule has 1 unspecified atom stereocenters. The van der Waals surface area contributed by atoms with Crippen molar-refractivity contribution < 1.29 is 19.1 Å². The van der Waals surface area contributed by atoms with Crippen molar-refractivity contribution in [2.75, 3.05) is 20.3 Å². The van der Waals surface area contributed by atoms with Crippen molar-refractivity contribution >= 4 is 46.1 Å². The molecule has 0 aliphatic rings. The van der Waals surface area contributed by atoms with Crippen LogP contribution in [0.4, 0.5) is 0 Å². The number of carbonyl (C=O) groups excluding carboxylic acids is 2. The first-order chi connectivity index (χ1) is 14.4. The van der Waals surface area contributed by atoms with Gasteiger partial charge in [0.15, 0.2) is 6.61 Å². The van der Waals surface area contributed by atoms with Gasteiger partial charge in [-0.15, -0.1) is 22.7 Å². The standard InChI is InChI=1S/C23H25NO4S2/c1-15-11-19(17(3)24(15)16(2)13-27-4)21(25)14-28-23(26)20(22-8-6-10-30-22)12-18-7-5-9-29-18/h5-12,16H,13-14H2,1-4H3/b20-12+. The fourth-order valence-corrected chi connectivity index (χ4v) is 4.91. The lowest BCUT2D eigenvalue weighted by atomic mass is 10.1. The molecule has 3 aromatic heterocycles. The van der Waals surface area contributed by atoms with Gasteiger partial charge in [0.25, 0.3) is 0 Å². The van der Waals surface area contributed by atoms with Gasteiger partial charge in [-0.3, -0.25) is 4.79 Å². The first-order valence-corrected chi connectivity index (χ1v) is 11.3. The lowest BCUT2D eigenvalue weighted by molar-refractivity contribution is -0.135. The van der Waals surface area contributed by atoms with E-state index >= 15 is 0 Å². The molecule has 0 saturated carbocycles. The highest BCUT2D eigenvalue weighted by atomic mass is 32.1. The maximum absolute atomic E-state index is 12.8.